The van der Waals surface area contributed by atoms with Gasteiger partial charge in [-0.3, -0.25) is 4.79 Å². The van der Waals surface area contributed by atoms with Crippen molar-refractivity contribution in [1.82, 2.24) is 10.3 Å². The number of amides is 1. The van der Waals surface area contributed by atoms with Crippen molar-refractivity contribution in [1.29, 1.82) is 0 Å². The summed E-state index contributed by atoms with van der Waals surface area (Å²) in [5, 5.41) is 15.9. The molecule has 0 spiro atoms. The molecule has 2 atom stereocenters. The average Bonchev–Trinajstić information content (AvgIpc) is 2.98. The third kappa shape index (κ3) is 4.15. The van der Waals surface area contributed by atoms with E-state index in [1.165, 1.54) is 6.20 Å². The van der Waals surface area contributed by atoms with Gasteiger partial charge in [0.2, 0.25) is 11.8 Å². The Morgan fingerprint density at radius 1 is 1.33 bits per heavy atom. The molecule has 1 aliphatic heterocycles. The minimum Gasteiger partial charge on any atom is -0.438 e. The number of nitrogens with zero attached hydrogens (tertiary/aromatic N) is 1. The molecular formula is C16H15Cl2N3O3. The smallest absolute Gasteiger partial charge is 0.241 e. The van der Waals surface area contributed by atoms with Gasteiger partial charge in [0.1, 0.15) is 10.8 Å². The van der Waals surface area contributed by atoms with E-state index < -0.39 is 6.10 Å². The van der Waals surface area contributed by atoms with Crippen LogP contribution in [0.2, 0.25) is 10.0 Å². The molecule has 1 aromatic heterocycles. The zero-order valence-electron chi connectivity index (χ0n) is 12.5. The van der Waals surface area contributed by atoms with Gasteiger partial charge in [0.05, 0.1) is 17.2 Å². The minimum atomic E-state index is -0.479. The number of aromatic nitrogens is 1. The summed E-state index contributed by atoms with van der Waals surface area (Å²) in [7, 11) is 0. The van der Waals surface area contributed by atoms with Crippen LogP contribution in [-0.4, -0.2) is 34.7 Å². The number of halogens is 2. The van der Waals surface area contributed by atoms with E-state index >= 15 is 0 Å². The second-order valence-corrected chi connectivity index (χ2v) is 6.25. The molecule has 24 heavy (non-hydrogen) atoms. The predicted octanol–water partition coefficient (Wildman–Crippen LogP) is 2.84. The minimum absolute atomic E-state index is 0.178. The maximum absolute atomic E-state index is 12.1. The van der Waals surface area contributed by atoms with E-state index in [1.807, 2.05) is 0 Å². The topological polar surface area (TPSA) is 83.5 Å². The summed E-state index contributed by atoms with van der Waals surface area (Å²) < 4.78 is 5.58. The lowest BCUT2D eigenvalue weighted by Gasteiger charge is -2.12. The molecule has 1 aliphatic rings. The van der Waals surface area contributed by atoms with Crippen molar-refractivity contribution in [2.75, 3.05) is 11.9 Å². The van der Waals surface area contributed by atoms with Crippen LogP contribution >= 0.6 is 23.2 Å². The number of ether oxygens (including phenoxy) is 1. The van der Waals surface area contributed by atoms with Crippen LogP contribution in [0.15, 0.2) is 36.5 Å². The first-order chi connectivity index (χ1) is 11.5. The van der Waals surface area contributed by atoms with Gasteiger partial charge < -0.3 is 20.5 Å². The molecular weight excluding hydrogens is 353 g/mol. The lowest BCUT2D eigenvalue weighted by Crippen LogP contribution is -2.35. The van der Waals surface area contributed by atoms with Crippen molar-refractivity contribution >= 4 is 34.8 Å². The number of hydrogen-bond acceptors (Lipinski definition) is 5. The summed E-state index contributed by atoms with van der Waals surface area (Å²) in [6, 6.07) is 7.97. The van der Waals surface area contributed by atoms with Gasteiger partial charge in [0, 0.05) is 18.4 Å². The fraction of sp³-hybridized carbons (Fsp3) is 0.250. The Morgan fingerprint density at radius 2 is 2.08 bits per heavy atom. The summed E-state index contributed by atoms with van der Waals surface area (Å²) in [5.41, 5.74) is 0.630. The average molecular weight is 368 g/mol. The van der Waals surface area contributed by atoms with Gasteiger partial charge >= 0.3 is 0 Å². The van der Waals surface area contributed by atoms with Crippen molar-refractivity contribution in [3.05, 3.63) is 46.6 Å². The third-order valence-corrected chi connectivity index (χ3v) is 4.01. The molecule has 2 unspecified atom stereocenters. The zero-order chi connectivity index (χ0) is 17.1. The number of aliphatic hydroxyl groups excluding tert-OH is 1. The fourth-order valence-corrected chi connectivity index (χ4v) is 2.76. The van der Waals surface area contributed by atoms with Gasteiger partial charge in [-0.2, -0.15) is 0 Å². The number of benzene rings is 1. The molecule has 0 saturated carbocycles. The highest BCUT2D eigenvalue weighted by molar-refractivity contribution is 6.35. The van der Waals surface area contributed by atoms with E-state index in [9.17, 15) is 9.90 Å². The normalized spacial score (nSPS) is 20.0. The van der Waals surface area contributed by atoms with Gasteiger partial charge in [-0.05, 0) is 36.8 Å². The summed E-state index contributed by atoms with van der Waals surface area (Å²) in [4.78, 5) is 16.1. The van der Waals surface area contributed by atoms with Crippen molar-refractivity contribution in [3.63, 3.8) is 0 Å². The lowest BCUT2D eigenvalue weighted by molar-refractivity contribution is -0.117. The second kappa shape index (κ2) is 7.36. The molecule has 0 bridgehead atoms. The highest BCUT2D eigenvalue weighted by atomic mass is 35.5. The molecule has 2 heterocycles. The SMILES string of the molecule is O=C(Nc1ccc(Oc2ncc(Cl)cc2Cl)cc1)C1CC(O)CN1. The van der Waals surface area contributed by atoms with E-state index in [2.05, 4.69) is 15.6 Å². The van der Waals surface area contributed by atoms with Crippen LogP contribution in [0.4, 0.5) is 5.69 Å². The molecule has 1 saturated heterocycles. The maximum atomic E-state index is 12.1. The van der Waals surface area contributed by atoms with Gasteiger partial charge in [0.15, 0.2) is 0 Å². The lowest BCUT2D eigenvalue weighted by atomic mass is 10.2. The first-order valence-electron chi connectivity index (χ1n) is 7.32. The molecule has 0 aliphatic carbocycles. The van der Waals surface area contributed by atoms with Crippen LogP contribution in [-0.2, 0) is 4.79 Å². The number of β-amino-alcohol motifs (C(OH)–C–C–N with tert-alkyl or cyclic N) is 1. The van der Waals surface area contributed by atoms with E-state index in [0.29, 0.717) is 34.4 Å². The standard InChI is InChI=1S/C16H15Cl2N3O3/c17-9-5-13(18)16(20-7-9)24-12-3-1-10(2-4-12)21-15(23)14-6-11(22)8-19-14/h1-5,7,11,14,19,22H,6,8H2,(H,21,23). The Morgan fingerprint density at radius 3 is 2.71 bits per heavy atom. The molecule has 6 nitrogen and oxygen atoms in total. The zero-order valence-corrected chi connectivity index (χ0v) is 14.0. The van der Waals surface area contributed by atoms with Crippen LogP contribution < -0.4 is 15.4 Å². The Balaban J connectivity index is 1.62. The quantitative estimate of drug-likeness (QED) is 0.773. The van der Waals surface area contributed by atoms with Crippen LogP contribution in [0.3, 0.4) is 0 Å². The van der Waals surface area contributed by atoms with Crippen LogP contribution in [0.25, 0.3) is 0 Å². The molecule has 1 fully saturated rings. The van der Waals surface area contributed by atoms with Crippen molar-refractivity contribution < 1.29 is 14.6 Å². The Kier molecular flexibility index (Phi) is 5.20. The number of carbonyl (C=O) groups is 1. The number of nitrogens with one attached hydrogen (secondary N) is 2. The first kappa shape index (κ1) is 17.0. The van der Waals surface area contributed by atoms with E-state index in [1.54, 1.807) is 30.3 Å². The maximum Gasteiger partial charge on any atom is 0.241 e. The summed E-state index contributed by atoms with van der Waals surface area (Å²) in [6.07, 6.45) is 1.38. The number of pyridine rings is 1. The highest BCUT2D eigenvalue weighted by Gasteiger charge is 2.27. The predicted molar refractivity (Wildman–Crippen MR) is 91.8 cm³/mol. The third-order valence-electron chi connectivity index (χ3n) is 3.53. The molecule has 3 N–H and O–H groups in total. The van der Waals surface area contributed by atoms with Crippen LogP contribution in [0, 0.1) is 0 Å². The summed E-state index contributed by atoms with van der Waals surface area (Å²) in [6.45, 7) is 0.430. The number of anilines is 1. The molecule has 126 valence electrons. The second-order valence-electron chi connectivity index (χ2n) is 5.41. The van der Waals surface area contributed by atoms with Crippen molar-refractivity contribution in [2.24, 2.45) is 0 Å². The molecule has 2 aromatic rings. The van der Waals surface area contributed by atoms with Gasteiger partial charge in [-0.15, -0.1) is 0 Å². The Labute approximate surface area is 148 Å². The van der Waals surface area contributed by atoms with E-state index in [0.717, 1.165) is 0 Å². The molecule has 3 rings (SSSR count). The van der Waals surface area contributed by atoms with Gasteiger partial charge in [-0.25, -0.2) is 4.98 Å². The van der Waals surface area contributed by atoms with E-state index in [4.69, 9.17) is 27.9 Å². The molecule has 8 heteroatoms. The fourth-order valence-electron chi connectivity index (χ4n) is 2.34. The number of aliphatic hydroxyl groups is 1. The van der Waals surface area contributed by atoms with Crippen molar-refractivity contribution in [3.8, 4) is 11.6 Å². The van der Waals surface area contributed by atoms with E-state index in [-0.39, 0.29) is 17.8 Å². The number of rotatable bonds is 4. The number of carbonyl (C=O) groups excluding carboxylic acids is 1. The largest absolute Gasteiger partial charge is 0.438 e. The molecule has 1 amide bonds. The van der Waals surface area contributed by atoms with Crippen molar-refractivity contribution in [2.45, 2.75) is 18.6 Å². The highest BCUT2D eigenvalue weighted by Crippen LogP contribution is 2.29. The monoisotopic (exact) mass is 367 g/mol. The summed E-state index contributed by atoms with van der Waals surface area (Å²) >= 11 is 11.8. The van der Waals surface area contributed by atoms with Gasteiger partial charge in [-0.1, -0.05) is 23.2 Å². The Bertz CT molecular complexity index is 740. The Hall–Kier alpha value is -1.86. The number of hydrogen-bond donors (Lipinski definition) is 3. The molecule has 0 radical (unpaired) electrons. The van der Waals surface area contributed by atoms with Gasteiger partial charge in [0.25, 0.3) is 0 Å². The first-order valence-corrected chi connectivity index (χ1v) is 8.08. The van der Waals surface area contributed by atoms with Crippen LogP contribution in [0.5, 0.6) is 11.6 Å². The summed E-state index contributed by atoms with van der Waals surface area (Å²) in [5.74, 6) is 0.601. The van der Waals surface area contributed by atoms with Crippen LogP contribution in [0.1, 0.15) is 6.42 Å². The molecule has 1 aromatic carbocycles.